The molecule has 1 aliphatic carbocycles. The molecule has 0 radical (unpaired) electrons. The van der Waals surface area contributed by atoms with Gasteiger partial charge in [-0.25, -0.2) is 0 Å². The second-order valence-corrected chi connectivity index (χ2v) is 7.29. The summed E-state index contributed by atoms with van der Waals surface area (Å²) in [6.45, 7) is 3.11. The number of benzene rings is 2. The lowest BCUT2D eigenvalue weighted by Gasteiger charge is -2.37. The normalized spacial score (nSPS) is 17.9. The van der Waals surface area contributed by atoms with Crippen molar-refractivity contribution in [3.05, 3.63) is 76.1 Å². The first-order valence-electron chi connectivity index (χ1n) is 8.93. The smallest absolute Gasteiger partial charge is 0.212 e. The highest BCUT2D eigenvalue weighted by Crippen LogP contribution is 2.30. The number of allylic oxidation sites excluding steroid dienone is 2. The summed E-state index contributed by atoms with van der Waals surface area (Å²) in [5.74, 6) is -0.264. The van der Waals surface area contributed by atoms with Gasteiger partial charge in [0.05, 0.1) is 0 Å². The van der Waals surface area contributed by atoms with E-state index >= 15 is 0 Å². The van der Waals surface area contributed by atoms with Crippen LogP contribution in [0.5, 0.6) is 0 Å². The number of nitrogens with one attached hydrogen (secondary N) is 1. The van der Waals surface area contributed by atoms with Crippen LogP contribution in [0.2, 0.25) is 5.02 Å². The number of fused-ring (bicyclic) bond motifs is 1. The molecule has 0 saturated carbocycles. The zero-order chi connectivity index (χ0) is 19.0. The molecule has 27 heavy (non-hydrogen) atoms. The SMILES string of the molecule is CN1CCN(C2=C(Nc3ccc(Cl)cc3)C(=O)c3ccccc3C2=O)CC1. The van der Waals surface area contributed by atoms with Gasteiger partial charge >= 0.3 is 0 Å². The van der Waals surface area contributed by atoms with Crippen LogP contribution in [-0.4, -0.2) is 54.6 Å². The molecule has 0 unspecified atom stereocenters. The van der Waals surface area contributed by atoms with Gasteiger partial charge in [0, 0.05) is 48.0 Å². The first-order valence-corrected chi connectivity index (χ1v) is 9.31. The number of hydrogen-bond donors (Lipinski definition) is 1. The molecule has 1 heterocycles. The van der Waals surface area contributed by atoms with Gasteiger partial charge in [-0.3, -0.25) is 9.59 Å². The van der Waals surface area contributed by atoms with E-state index in [0.717, 1.165) is 18.8 Å². The molecule has 1 aliphatic heterocycles. The van der Waals surface area contributed by atoms with Crippen molar-refractivity contribution in [2.45, 2.75) is 0 Å². The molecular formula is C21H20ClN3O2. The minimum absolute atomic E-state index is 0.105. The molecule has 2 aliphatic rings. The highest BCUT2D eigenvalue weighted by Gasteiger charge is 2.36. The summed E-state index contributed by atoms with van der Waals surface area (Å²) < 4.78 is 0. The Morgan fingerprint density at radius 2 is 1.44 bits per heavy atom. The minimum atomic E-state index is -0.158. The lowest BCUT2D eigenvalue weighted by molar-refractivity contribution is 0.0917. The largest absolute Gasteiger partial charge is 0.364 e. The molecule has 5 nitrogen and oxygen atoms in total. The molecule has 138 valence electrons. The van der Waals surface area contributed by atoms with Crippen molar-refractivity contribution in [1.29, 1.82) is 0 Å². The second kappa shape index (κ2) is 7.18. The van der Waals surface area contributed by atoms with Crippen molar-refractivity contribution in [1.82, 2.24) is 9.80 Å². The van der Waals surface area contributed by atoms with Crippen LogP contribution in [0.3, 0.4) is 0 Å². The van der Waals surface area contributed by atoms with Crippen LogP contribution in [0.25, 0.3) is 0 Å². The van der Waals surface area contributed by atoms with Crippen LogP contribution in [-0.2, 0) is 0 Å². The Hall–Kier alpha value is -2.63. The van der Waals surface area contributed by atoms with Gasteiger partial charge < -0.3 is 15.1 Å². The first-order chi connectivity index (χ1) is 13.0. The molecule has 6 heteroatoms. The second-order valence-electron chi connectivity index (χ2n) is 6.85. The molecule has 4 rings (SSSR count). The van der Waals surface area contributed by atoms with Crippen LogP contribution >= 0.6 is 11.6 Å². The Kier molecular flexibility index (Phi) is 4.72. The number of Topliss-reactive ketones (excluding diaryl/α,β-unsaturated/α-hetero) is 2. The fourth-order valence-corrected chi connectivity index (χ4v) is 3.61. The van der Waals surface area contributed by atoms with Crippen LogP contribution in [0.4, 0.5) is 5.69 Å². The summed E-state index contributed by atoms with van der Waals surface area (Å²) in [7, 11) is 2.06. The predicted molar refractivity (Wildman–Crippen MR) is 106 cm³/mol. The number of ketones is 2. The molecule has 2 aromatic carbocycles. The van der Waals surface area contributed by atoms with Crippen LogP contribution in [0.15, 0.2) is 59.9 Å². The average molecular weight is 382 g/mol. The molecule has 0 amide bonds. The van der Waals surface area contributed by atoms with Gasteiger partial charge in [0.1, 0.15) is 11.4 Å². The number of likely N-dealkylation sites (N-methyl/N-ethyl adjacent to an activating group) is 1. The predicted octanol–water partition coefficient (Wildman–Crippen LogP) is 3.29. The maximum atomic E-state index is 13.3. The van der Waals surface area contributed by atoms with Crippen LogP contribution < -0.4 is 5.32 Å². The number of nitrogens with zero attached hydrogens (tertiary/aromatic N) is 2. The van der Waals surface area contributed by atoms with E-state index < -0.39 is 0 Å². The molecule has 0 spiro atoms. The minimum Gasteiger partial charge on any atom is -0.364 e. The fourth-order valence-electron chi connectivity index (χ4n) is 3.49. The van der Waals surface area contributed by atoms with Crippen molar-refractivity contribution in [3.8, 4) is 0 Å². The zero-order valence-corrected chi connectivity index (χ0v) is 15.8. The van der Waals surface area contributed by atoms with E-state index in [4.69, 9.17) is 11.6 Å². The van der Waals surface area contributed by atoms with Crippen LogP contribution in [0.1, 0.15) is 20.7 Å². The molecule has 2 aromatic rings. The third-order valence-electron chi connectivity index (χ3n) is 5.03. The Morgan fingerprint density at radius 3 is 2.07 bits per heavy atom. The maximum absolute atomic E-state index is 13.3. The number of halogens is 1. The molecule has 1 fully saturated rings. The van der Waals surface area contributed by atoms with Gasteiger partial charge in [0.15, 0.2) is 0 Å². The van der Waals surface area contributed by atoms with Gasteiger partial charge in [-0.1, -0.05) is 35.9 Å². The Bertz CT molecular complexity index is 929. The van der Waals surface area contributed by atoms with E-state index in [9.17, 15) is 9.59 Å². The van der Waals surface area contributed by atoms with Gasteiger partial charge in [0.25, 0.3) is 0 Å². The highest BCUT2D eigenvalue weighted by atomic mass is 35.5. The van der Waals surface area contributed by atoms with E-state index in [0.29, 0.717) is 40.6 Å². The van der Waals surface area contributed by atoms with E-state index in [2.05, 4.69) is 17.3 Å². The molecular weight excluding hydrogens is 362 g/mol. The van der Waals surface area contributed by atoms with Gasteiger partial charge in [-0.05, 0) is 31.3 Å². The summed E-state index contributed by atoms with van der Waals surface area (Å²) >= 11 is 5.96. The molecule has 0 atom stereocenters. The third kappa shape index (κ3) is 3.36. The summed E-state index contributed by atoms with van der Waals surface area (Å²) in [6.07, 6.45) is 0. The Balaban J connectivity index is 1.79. The first kappa shape index (κ1) is 17.8. The quantitative estimate of drug-likeness (QED) is 0.884. The van der Waals surface area contributed by atoms with Crippen molar-refractivity contribution >= 4 is 28.9 Å². The zero-order valence-electron chi connectivity index (χ0n) is 15.0. The van der Waals surface area contributed by atoms with Crippen LogP contribution in [0, 0.1) is 0 Å². The molecule has 1 saturated heterocycles. The number of hydrogen-bond acceptors (Lipinski definition) is 5. The molecule has 0 bridgehead atoms. The number of carbonyl (C=O) groups is 2. The standard InChI is InChI=1S/C21H20ClN3O2/c1-24-10-12-25(13-11-24)19-18(23-15-8-6-14(22)7-9-15)20(26)16-4-2-3-5-17(16)21(19)27/h2-9,23H,10-13H2,1H3. The number of piperazine rings is 1. The molecule has 1 N–H and O–H groups in total. The average Bonchev–Trinajstić information content (AvgIpc) is 2.69. The van der Waals surface area contributed by atoms with E-state index in [1.807, 2.05) is 4.90 Å². The van der Waals surface area contributed by atoms with Crippen molar-refractivity contribution in [3.63, 3.8) is 0 Å². The lowest BCUT2D eigenvalue weighted by Crippen LogP contribution is -2.47. The Morgan fingerprint density at radius 1 is 0.852 bits per heavy atom. The number of rotatable bonds is 3. The number of carbonyl (C=O) groups excluding carboxylic acids is 2. The fraction of sp³-hybridized carbons (Fsp3) is 0.238. The monoisotopic (exact) mass is 381 g/mol. The highest BCUT2D eigenvalue weighted by molar-refractivity contribution is 6.30. The van der Waals surface area contributed by atoms with E-state index in [1.54, 1.807) is 48.5 Å². The summed E-state index contributed by atoms with van der Waals surface area (Å²) in [5.41, 5.74) is 2.43. The van der Waals surface area contributed by atoms with Gasteiger partial charge in [-0.2, -0.15) is 0 Å². The van der Waals surface area contributed by atoms with Gasteiger partial charge in [-0.15, -0.1) is 0 Å². The number of anilines is 1. The van der Waals surface area contributed by atoms with Crippen molar-refractivity contribution < 1.29 is 9.59 Å². The van der Waals surface area contributed by atoms with Crippen molar-refractivity contribution in [2.75, 3.05) is 38.5 Å². The van der Waals surface area contributed by atoms with Gasteiger partial charge in [0.2, 0.25) is 11.6 Å². The summed E-state index contributed by atoms with van der Waals surface area (Å²) in [6, 6.07) is 14.1. The topological polar surface area (TPSA) is 52.6 Å². The van der Waals surface area contributed by atoms with E-state index in [-0.39, 0.29) is 11.6 Å². The summed E-state index contributed by atoms with van der Waals surface area (Å²) in [5, 5.41) is 3.80. The van der Waals surface area contributed by atoms with E-state index in [1.165, 1.54) is 0 Å². The maximum Gasteiger partial charge on any atom is 0.212 e. The molecule has 0 aromatic heterocycles. The Labute approximate surface area is 163 Å². The van der Waals surface area contributed by atoms with Crippen molar-refractivity contribution in [2.24, 2.45) is 0 Å². The lowest BCUT2D eigenvalue weighted by atomic mass is 9.89. The third-order valence-corrected chi connectivity index (χ3v) is 5.28. The summed E-state index contributed by atoms with van der Waals surface area (Å²) in [4.78, 5) is 30.7.